The standard InChI is InChI=1S/C77H136O6/c1-4-7-10-13-16-19-22-25-28-30-32-34-36-37-38-39-40-41-42-44-45-47-49-52-55-58-61-64-67-70-76(79)82-73-74(72-81-75(78)69-66-63-60-57-54-51-27-24-21-18-15-12-9-6-3)83-77(80)71-68-65-62-59-56-53-50-48-46-43-35-33-31-29-26-23-20-17-14-11-8-5-2/h7,10,15-16,18-19,24-25,27-28,32,34,37-38,74H,4-6,8-9,11-14,17,20-23,26,29-31,33,35-36,39-73H2,1-3H3/b10-7-,18-15-,19-16-,27-24-,28-25-,34-32-,38-37-. The minimum atomic E-state index is -0.782. The highest BCUT2D eigenvalue weighted by atomic mass is 16.6. The summed E-state index contributed by atoms with van der Waals surface area (Å²) in [5.41, 5.74) is 0. The molecule has 0 fully saturated rings. The van der Waals surface area contributed by atoms with Gasteiger partial charge in [0.25, 0.3) is 0 Å². The van der Waals surface area contributed by atoms with Gasteiger partial charge in [-0.2, -0.15) is 0 Å². The third kappa shape index (κ3) is 69.3. The monoisotopic (exact) mass is 1160 g/mol. The van der Waals surface area contributed by atoms with E-state index in [4.69, 9.17) is 14.2 Å². The highest BCUT2D eigenvalue weighted by Gasteiger charge is 2.19. The van der Waals surface area contributed by atoms with E-state index < -0.39 is 6.10 Å². The van der Waals surface area contributed by atoms with Crippen LogP contribution in [-0.4, -0.2) is 37.2 Å². The van der Waals surface area contributed by atoms with Crippen molar-refractivity contribution in [1.29, 1.82) is 0 Å². The molecule has 0 bridgehead atoms. The number of ether oxygens (including phenoxy) is 3. The zero-order chi connectivity index (χ0) is 59.9. The summed E-state index contributed by atoms with van der Waals surface area (Å²) >= 11 is 0. The SMILES string of the molecule is CC/C=C\C/C=C\C/C=C\C/C=C\C/C=C\CCCCCCCCCCCCCCCC(=O)OCC(COC(=O)CCCCCCC/C=C\C/C=C\CCCC)OC(=O)CCCCCCCCCCCCCCCCCCCCCCCC. The zero-order valence-electron chi connectivity index (χ0n) is 55.2. The van der Waals surface area contributed by atoms with Crippen LogP contribution in [0.15, 0.2) is 85.1 Å². The number of carbonyl (C=O) groups excluding carboxylic acids is 3. The number of allylic oxidation sites excluding steroid dienone is 14. The summed E-state index contributed by atoms with van der Waals surface area (Å²) in [5, 5.41) is 0. The molecule has 0 amide bonds. The predicted molar refractivity (Wildman–Crippen MR) is 362 cm³/mol. The molecule has 0 radical (unpaired) electrons. The van der Waals surface area contributed by atoms with Crippen molar-refractivity contribution in [2.45, 2.75) is 374 Å². The van der Waals surface area contributed by atoms with Gasteiger partial charge in [-0.1, -0.05) is 343 Å². The average molecular weight is 1160 g/mol. The molecule has 0 aromatic heterocycles. The van der Waals surface area contributed by atoms with Crippen molar-refractivity contribution in [3.8, 4) is 0 Å². The lowest BCUT2D eigenvalue weighted by Crippen LogP contribution is -2.30. The first kappa shape index (κ1) is 79.6. The fraction of sp³-hybridized carbons (Fsp3) is 0.779. The van der Waals surface area contributed by atoms with E-state index in [9.17, 15) is 14.4 Å². The zero-order valence-corrected chi connectivity index (χ0v) is 55.2. The van der Waals surface area contributed by atoms with Gasteiger partial charge in [0.05, 0.1) is 0 Å². The van der Waals surface area contributed by atoms with Gasteiger partial charge < -0.3 is 14.2 Å². The Bertz CT molecular complexity index is 1570. The third-order valence-electron chi connectivity index (χ3n) is 15.9. The van der Waals surface area contributed by atoms with E-state index >= 15 is 0 Å². The quantitative estimate of drug-likeness (QED) is 0.0261. The Morgan fingerprint density at radius 1 is 0.253 bits per heavy atom. The molecule has 1 unspecified atom stereocenters. The molecule has 0 aliphatic rings. The van der Waals surface area contributed by atoms with Crippen LogP contribution in [0, 0.1) is 0 Å². The first-order chi connectivity index (χ1) is 41.0. The second-order valence-electron chi connectivity index (χ2n) is 24.1. The number of rotatable bonds is 66. The minimum Gasteiger partial charge on any atom is -0.462 e. The summed E-state index contributed by atoms with van der Waals surface area (Å²) in [4.78, 5) is 38.5. The van der Waals surface area contributed by atoms with E-state index in [1.165, 1.54) is 218 Å². The van der Waals surface area contributed by atoms with Crippen LogP contribution in [0.25, 0.3) is 0 Å². The normalized spacial score (nSPS) is 12.6. The number of unbranched alkanes of at least 4 members (excludes halogenated alkanes) is 41. The molecule has 1 atom stereocenters. The summed E-state index contributed by atoms with van der Waals surface area (Å²) in [5.74, 6) is -0.871. The van der Waals surface area contributed by atoms with Crippen molar-refractivity contribution in [3.05, 3.63) is 85.1 Å². The number of carbonyl (C=O) groups is 3. The maximum absolute atomic E-state index is 13.0. The lowest BCUT2D eigenvalue weighted by molar-refractivity contribution is -0.167. The minimum absolute atomic E-state index is 0.0775. The fourth-order valence-corrected chi connectivity index (χ4v) is 10.5. The maximum atomic E-state index is 13.0. The Kier molecular flexibility index (Phi) is 68.2. The molecule has 0 spiro atoms. The van der Waals surface area contributed by atoms with Gasteiger partial charge in [0.1, 0.15) is 13.2 Å². The molecule has 83 heavy (non-hydrogen) atoms. The van der Waals surface area contributed by atoms with Gasteiger partial charge in [-0.15, -0.1) is 0 Å². The molecule has 6 nitrogen and oxygen atoms in total. The number of esters is 3. The Morgan fingerprint density at radius 2 is 0.482 bits per heavy atom. The largest absolute Gasteiger partial charge is 0.462 e. The highest BCUT2D eigenvalue weighted by Crippen LogP contribution is 2.18. The van der Waals surface area contributed by atoms with Crippen LogP contribution in [0.2, 0.25) is 0 Å². The summed E-state index contributed by atoms with van der Waals surface area (Å²) in [6.45, 7) is 6.53. The Morgan fingerprint density at radius 3 is 0.771 bits per heavy atom. The number of hydrogen-bond donors (Lipinski definition) is 0. The summed E-state index contributed by atoms with van der Waals surface area (Å²) in [6, 6.07) is 0. The molecule has 0 heterocycles. The van der Waals surface area contributed by atoms with Crippen LogP contribution in [0.1, 0.15) is 367 Å². The molecule has 0 aliphatic carbocycles. The van der Waals surface area contributed by atoms with E-state index in [0.717, 1.165) is 109 Å². The summed E-state index contributed by atoms with van der Waals surface area (Å²) in [7, 11) is 0. The van der Waals surface area contributed by atoms with Gasteiger partial charge in [0.2, 0.25) is 0 Å². The first-order valence-corrected chi connectivity index (χ1v) is 36.1. The van der Waals surface area contributed by atoms with Gasteiger partial charge in [-0.25, -0.2) is 0 Å². The summed E-state index contributed by atoms with van der Waals surface area (Å²) < 4.78 is 17.0. The smallest absolute Gasteiger partial charge is 0.306 e. The molecule has 0 rings (SSSR count). The maximum Gasteiger partial charge on any atom is 0.306 e. The van der Waals surface area contributed by atoms with Crippen LogP contribution in [0.3, 0.4) is 0 Å². The van der Waals surface area contributed by atoms with Crippen molar-refractivity contribution in [2.75, 3.05) is 13.2 Å². The first-order valence-electron chi connectivity index (χ1n) is 36.1. The molecule has 0 saturated carbocycles. The molecular weight excluding hydrogens is 1020 g/mol. The molecule has 0 N–H and O–H groups in total. The molecule has 480 valence electrons. The molecule has 6 heteroatoms. The molecule has 0 aliphatic heterocycles. The Balaban J connectivity index is 4.26. The van der Waals surface area contributed by atoms with Crippen LogP contribution in [0.4, 0.5) is 0 Å². The van der Waals surface area contributed by atoms with Gasteiger partial charge in [-0.3, -0.25) is 14.4 Å². The second-order valence-corrected chi connectivity index (χ2v) is 24.1. The van der Waals surface area contributed by atoms with Gasteiger partial charge in [-0.05, 0) is 89.9 Å². The van der Waals surface area contributed by atoms with Crippen LogP contribution >= 0.6 is 0 Å². The Hall–Kier alpha value is -3.41. The van der Waals surface area contributed by atoms with E-state index in [0.29, 0.717) is 19.3 Å². The van der Waals surface area contributed by atoms with Crippen molar-refractivity contribution >= 4 is 17.9 Å². The van der Waals surface area contributed by atoms with E-state index in [2.05, 4.69) is 106 Å². The van der Waals surface area contributed by atoms with E-state index in [-0.39, 0.29) is 31.1 Å². The average Bonchev–Trinajstić information content (AvgIpc) is 3.49. The topological polar surface area (TPSA) is 78.9 Å². The third-order valence-corrected chi connectivity index (χ3v) is 15.9. The van der Waals surface area contributed by atoms with Crippen molar-refractivity contribution < 1.29 is 28.6 Å². The highest BCUT2D eigenvalue weighted by molar-refractivity contribution is 5.71. The van der Waals surface area contributed by atoms with Gasteiger partial charge in [0.15, 0.2) is 6.10 Å². The Labute approximate surface area is 515 Å². The van der Waals surface area contributed by atoms with Gasteiger partial charge in [0, 0.05) is 19.3 Å². The second kappa shape index (κ2) is 71.1. The van der Waals surface area contributed by atoms with E-state index in [1.807, 2.05) is 0 Å². The van der Waals surface area contributed by atoms with Crippen molar-refractivity contribution in [3.63, 3.8) is 0 Å². The summed E-state index contributed by atoms with van der Waals surface area (Å²) in [6.07, 6.45) is 94.7. The van der Waals surface area contributed by atoms with E-state index in [1.54, 1.807) is 0 Å². The number of hydrogen-bond acceptors (Lipinski definition) is 6. The van der Waals surface area contributed by atoms with Crippen molar-refractivity contribution in [1.82, 2.24) is 0 Å². The fourth-order valence-electron chi connectivity index (χ4n) is 10.5. The van der Waals surface area contributed by atoms with Crippen LogP contribution < -0.4 is 0 Å². The lowest BCUT2D eigenvalue weighted by Gasteiger charge is -2.18. The molecule has 0 aromatic rings. The molecule has 0 saturated heterocycles. The molecular formula is C77H136O6. The molecule has 0 aromatic carbocycles. The van der Waals surface area contributed by atoms with Crippen LogP contribution in [-0.2, 0) is 28.6 Å². The predicted octanol–water partition coefficient (Wildman–Crippen LogP) is 25.0. The van der Waals surface area contributed by atoms with Crippen LogP contribution in [0.5, 0.6) is 0 Å². The van der Waals surface area contributed by atoms with Gasteiger partial charge >= 0.3 is 17.9 Å². The lowest BCUT2D eigenvalue weighted by atomic mass is 10.0. The van der Waals surface area contributed by atoms with Crippen molar-refractivity contribution in [2.24, 2.45) is 0 Å².